The van der Waals surface area contributed by atoms with Gasteiger partial charge in [0.05, 0.1) is 30.4 Å². The highest BCUT2D eigenvalue weighted by molar-refractivity contribution is 5.71. The van der Waals surface area contributed by atoms with Gasteiger partial charge in [-0.1, -0.05) is 30.3 Å². The van der Waals surface area contributed by atoms with Crippen molar-refractivity contribution in [2.24, 2.45) is 5.92 Å². The number of hydrogen-bond donors (Lipinski definition) is 1. The molecule has 32 heavy (non-hydrogen) atoms. The first kappa shape index (κ1) is 22.6. The Morgan fingerprint density at radius 1 is 1.16 bits per heavy atom. The van der Waals surface area contributed by atoms with Crippen LogP contribution in [0.25, 0.3) is 0 Å². The van der Waals surface area contributed by atoms with Crippen LogP contribution in [-0.4, -0.2) is 44.2 Å². The molecule has 2 aliphatic heterocycles. The summed E-state index contributed by atoms with van der Waals surface area (Å²) in [6.45, 7) is 0.254. The van der Waals surface area contributed by atoms with Crippen molar-refractivity contribution in [3.63, 3.8) is 0 Å². The Hall–Kier alpha value is -2.58. The van der Waals surface area contributed by atoms with Gasteiger partial charge >= 0.3 is 12.1 Å². The molecule has 2 heterocycles. The van der Waals surface area contributed by atoms with Gasteiger partial charge in [-0.25, -0.2) is 0 Å². The molecule has 0 amide bonds. The second-order valence-electron chi connectivity index (χ2n) is 8.67. The molecule has 0 aliphatic carbocycles. The van der Waals surface area contributed by atoms with E-state index in [1.807, 2.05) is 30.3 Å². The number of rotatable bonds is 5. The lowest BCUT2D eigenvalue weighted by molar-refractivity contribution is -0.157. The van der Waals surface area contributed by atoms with E-state index in [9.17, 15) is 18.0 Å². The number of benzene rings is 2. The van der Waals surface area contributed by atoms with Crippen molar-refractivity contribution < 1.29 is 27.4 Å². The third kappa shape index (κ3) is 4.91. The van der Waals surface area contributed by atoms with Gasteiger partial charge in [-0.2, -0.15) is 13.2 Å². The van der Waals surface area contributed by atoms with Gasteiger partial charge in [0.2, 0.25) is 0 Å². The molecule has 4 rings (SSSR count). The predicted octanol–water partition coefficient (Wildman–Crippen LogP) is 4.81. The Kier molecular flexibility index (Phi) is 6.44. The number of esters is 1. The first-order chi connectivity index (χ1) is 15.2. The summed E-state index contributed by atoms with van der Waals surface area (Å²) in [6.07, 6.45) is -3.92. The number of carbonyl (C=O) groups excluding carboxylic acids is 1. The lowest BCUT2D eigenvalue weighted by Crippen LogP contribution is -2.41. The van der Waals surface area contributed by atoms with Gasteiger partial charge < -0.3 is 14.8 Å². The molecule has 1 saturated heterocycles. The van der Waals surface area contributed by atoms with Gasteiger partial charge in [0, 0.05) is 17.2 Å². The maximum absolute atomic E-state index is 13.4. The summed E-state index contributed by atoms with van der Waals surface area (Å²) in [4.78, 5) is 13.6. The molecule has 2 aliphatic rings. The Bertz CT molecular complexity index is 949. The van der Waals surface area contributed by atoms with Crippen molar-refractivity contribution in [1.29, 1.82) is 0 Å². The topological polar surface area (TPSA) is 50.8 Å². The van der Waals surface area contributed by atoms with E-state index in [4.69, 9.17) is 9.47 Å². The maximum Gasteiger partial charge on any atom is 0.416 e. The maximum atomic E-state index is 13.4. The molecule has 172 valence electrons. The summed E-state index contributed by atoms with van der Waals surface area (Å²) < 4.78 is 51.8. The third-order valence-electron chi connectivity index (χ3n) is 6.01. The molecule has 2 aromatic carbocycles. The number of nitrogens with one attached hydrogen (secondary N) is 1. The van der Waals surface area contributed by atoms with Crippen molar-refractivity contribution in [3.8, 4) is 0 Å². The molecule has 5 nitrogen and oxygen atoms in total. The number of likely N-dealkylation sites (N-methyl/N-ethyl adjacent to an activating group) is 1. The van der Waals surface area contributed by atoms with Crippen LogP contribution in [0, 0.1) is 5.92 Å². The van der Waals surface area contributed by atoms with Gasteiger partial charge in [0.25, 0.3) is 0 Å². The Balaban J connectivity index is 1.60. The average molecular weight is 448 g/mol. The largest absolute Gasteiger partial charge is 0.462 e. The number of anilines is 1. The van der Waals surface area contributed by atoms with Gasteiger partial charge in [0.1, 0.15) is 6.61 Å². The number of carbonyl (C=O) groups is 1. The number of hydrogen-bond acceptors (Lipinski definition) is 5. The van der Waals surface area contributed by atoms with Crippen LogP contribution >= 0.6 is 0 Å². The predicted molar refractivity (Wildman–Crippen MR) is 114 cm³/mol. The fourth-order valence-electron chi connectivity index (χ4n) is 4.54. The molecule has 0 spiro atoms. The second kappa shape index (κ2) is 9.11. The standard InChI is InChI=1S/C24H27F3N2O3/c1-29(2)13-21(30)31-14-17-9-10-18-22(15-6-4-3-5-7-15)28-20-11-8-16(24(25,26)27)12-19(20)23(18)32-17/h3-8,11-12,17-18,22-23,28H,9-10,13-14H2,1-2H3/t17-,18+,22+,23+/m1/s1. The second-order valence-corrected chi connectivity index (χ2v) is 8.67. The van der Waals surface area contributed by atoms with Crippen LogP contribution in [0.5, 0.6) is 0 Å². The smallest absolute Gasteiger partial charge is 0.416 e. The highest BCUT2D eigenvalue weighted by Gasteiger charge is 2.43. The minimum absolute atomic E-state index is 0.0397. The Morgan fingerprint density at radius 3 is 2.59 bits per heavy atom. The highest BCUT2D eigenvalue weighted by atomic mass is 19.4. The minimum atomic E-state index is -4.43. The van der Waals surface area contributed by atoms with Crippen LogP contribution < -0.4 is 5.32 Å². The first-order valence-electron chi connectivity index (χ1n) is 10.7. The van der Waals surface area contributed by atoms with Gasteiger partial charge in [0.15, 0.2) is 0 Å². The molecular weight excluding hydrogens is 421 g/mol. The molecule has 0 radical (unpaired) electrons. The molecular formula is C24H27F3N2O3. The molecule has 1 N–H and O–H groups in total. The van der Waals surface area contributed by atoms with E-state index in [1.165, 1.54) is 12.1 Å². The molecule has 0 unspecified atom stereocenters. The fourth-order valence-corrected chi connectivity index (χ4v) is 4.54. The van der Waals surface area contributed by atoms with Crippen molar-refractivity contribution in [2.75, 3.05) is 32.6 Å². The molecule has 0 saturated carbocycles. The van der Waals surface area contributed by atoms with Crippen LogP contribution in [0.3, 0.4) is 0 Å². The number of fused-ring (bicyclic) bond motifs is 3. The van der Waals surface area contributed by atoms with E-state index < -0.39 is 17.8 Å². The minimum Gasteiger partial charge on any atom is -0.462 e. The molecule has 1 fully saturated rings. The average Bonchev–Trinajstić information content (AvgIpc) is 2.76. The van der Waals surface area contributed by atoms with Crippen LogP contribution in [0.4, 0.5) is 18.9 Å². The summed E-state index contributed by atoms with van der Waals surface area (Å²) in [5, 5.41) is 3.44. The Labute approximate surface area is 185 Å². The molecule has 4 atom stereocenters. The van der Waals surface area contributed by atoms with Crippen LogP contribution in [-0.2, 0) is 20.4 Å². The monoisotopic (exact) mass is 448 g/mol. The van der Waals surface area contributed by atoms with Gasteiger partial charge in [-0.15, -0.1) is 0 Å². The highest BCUT2D eigenvalue weighted by Crippen LogP contribution is 2.51. The number of alkyl halides is 3. The zero-order chi connectivity index (χ0) is 22.9. The van der Waals surface area contributed by atoms with Crippen molar-refractivity contribution >= 4 is 11.7 Å². The molecule has 2 aromatic rings. The van der Waals surface area contributed by atoms with E-state index in [2.05, 4.69) is 5.32 Å². The summed E-state index contributed by atoms with van der Waals surface area (Å²) in [5.41, 5.74) is 1.50. The molecule has 8 heteroatoms. The van der Waals surface area contributed by atoms with Gasteiger partial charge in [-0.05, 0) is 50.7 Å². The summed E-state index contributed by atoms with van der Waals surface area (Å²) in [5.74, 6) is -0.393. The Morgan fingerprint density at radius 2 is 1.91 bits per heavy atom. The van der Waals surface area contributed by atoms with E-state index in [0.29, 0.717) is 17.7 Å². The van der Waals surface area contributed by atoms with Crippen molar-refractivity contribution in [1.82, 2.24) is 4.90 Å². The fraction of sp³-hybridized carbons (Fsp3) is 0.458. The lowest BCUT2D eigenvalue weighted by atomic mass is 9.76. The SMILES string of the molecule is CN(C)CC(=O)OC[C@H]1CC[C@@H]2[C@H](O1)c1cc(C(F)(F)F)ccc1N[C@H]2c1ccccc1. The van der Waals surface area contributed by atoms with Crippen LogP contribution in [0.15, 0.2) is 48.5 Å². The molecule has 0 bridgehead atoms. The zero-order valence-corrected chi connectivity index (χ0v) is 18.1. The number of nitrogens with zero attached hydrogens (tertiary/aromatic N) is 1. The van der Waals surface area contributed by atoms with Crippen LogP contribution in [0.2, 0.25) is 0 Å². The van der Waals surface area contributed by atoms with E-state index >= 15 is 0 Å². The summed E-state index contributed by atoms with van der Waals surface area (Å²) >= 11 is 0. The van der Waals surface area contributed by atoms with Crippen molar-refractivity contribution in [3.05, 3.63) is 65.2 Å². The molecule has 0 aromatic heterocycles. The number of halogens is 3. The van der Waals surface area contributed by atoms with Crippen LogP contribution in [0.1, 0.15) is 41.7 Å². The summed E-state index contributed by atoms with van der Waals surface area (Å²) in [6, 6.07) is 13.5. The van der Waals surface area contributed by atoms with Crippen molar-refractivity contribution in [2.45, 2.75) is 37.3 Å². The summed E-state index contributed by atoms with van der Waals surface area (Å²) in [7, 11) is 3.55. The quantitative estimate of drug-likeness (QED) is 0.665. The first-order valence-corrected chi connectivity index (χ1v) is 10.7. The van der Waals surface area contributed by atoms with Gasteiger partial charge in [-0.3, -0.25) is 9.69 Å². The third-order valence-corrected chi connectivity index (χ3v) is 6.01. The normalized spacial score (nSPS) is 24.9. The van der Waals surface area contributed by atoms with E-state index in [0.717, 1.165) is 18.1 Å². The van der Waals surface area contributed by atoms with E-state index in [1.54, 1.807) is 19.0 Å². The van der Waals surface area contributed by atoms with E-state index in [-0.39, 0.29) is 37.2 Å². The number of ether oxygens (including phenoxy) is 2. The zero-order valence-electron chi connectivity index (χ0n) is 18.1. The lowest BCUT2D eigenvalue weighted by Gasteiger charge is -2.45.